The molecule has 0 spiro atoms. The van der Waals surface area contributed by atoms with Gasteiger partial charge in [-0.1, -0.05) is 61.1 Å². The Labute approximate surface area is 139 Å². The summed E-state index contributed by atoms with van der Waals surface area (Å²) >= 11 is 18.8. The molecule has 0 aliphatic rings. The molecule has 0 radical (unpaired) electrons. The molecule has 0 heterocycles. The smallest absolute Gasteiger partial charge is 0.121 e. The van der Waals surface area contributed by atoms with Gasteiger partial charge in [0.25, 0.3) is 0 Å². The van der Waals surface area contributed by atoms with Gasteiger partial charge in [0.05, 0.1) is 6.61 Å². The first-order valence-electron chi connectivity index (χ1n) is 5.57. The van der Waals surface area contributed by atoms with E-state index in [0.29, 0.717) is 16.7 Å². The quantitative estimate of drug-likeness (QED) is 0.572. The van der Waals surface area contributed by atoms with E-state index in [-0.39, 0.29) is 0 Å². The Hall–Kier alpha value is -0.220. The van der Waals surface area contributed by atoms with Gasteiger partial charge in [-0.05, 0) is 35.9 Å². The number of ether oxygens (including phenoxy) is 1. The van der Waals surface area contributed by atoms with Gasteiger partial charge in [0.15, 0.2) is 0 Å². The predicted octanol–water partition coefficient (Wildman–Crippen LogP) is 6.14. The molecule has 100 valence electrons. The average molecular weight is 425 g/mol. The number of halogens is 4. The summed E-state index contributed by atoms with van der Waals surface area (Å²) in [5.41, 5.74) is 1.03. The van der Waals surface area contributed by atoms with E-state index in [1.807, 2.05) is 30.3 Å². The van der Waals surface area contributed by atoms with E-state index in [0.717, 1.165) is 26.7 Å². The van der Waals surface area contributed by atoms with Crippen molar-refractivity contribution in [3.8, 4) is 5.75 Å². The van der Waals surface area contributed by atoms with E-state index in [4.69, 9.17) is 27.9 Å². The van der Waals surface area contributed by atoms with E-state index < -0.39 is 0 Å². The molecule has 2 rings (SSSR count). The molecule has 0 aliphatic heterocycles. The van der Waals surface area contributed by atoms with Crippen molar-refractivity contribution in [2.45, 2.75) is 6.42 Å². The second kappa shape index (κ2) is 6.98. The van der Waals surface area contributed by atoms with Crippen LogP contribution in [0.4, 0.5) is 0 Å². The third-order valence-corrected chi connectivity index (χ3v) is 3.99. The van der Waals surface area contributed by atoms with Crippen LogP contribution >= 0.6 is 55.1 Å². The Morgan fingerprint density at radius 3 is 2.26 bits per heavy atom. The van der Waals surface area contributed by atoms with E-state index >= 15 is 0 Å². The van der Waals surface area contributed by atoms with Gasteiger partial charge in [-0.15, -0.1) is 0 Å². The second-order valence-electron chi connectivity index (χ2n) is 3.94. The lowest BCUT2D eigenvalue weighted by atomic mass is 10.2. The van der Waals surface area contributed by atoms with Crippen molar-refractivity contribution in [2.24, 2.45) is 0 Å². The molecule has 2 aromatic carbocycles. The van der Waals surface area contributed by atoms with Crippen LogP contribution in [0.5, 0.6) is 5.75 Å². The molecule has 0 saturated carbocycles. The van der Waals surface area contributed by atoms with Crippen molar-refractivity contribution in [2.75, 3.05) is 6.61 Å². The summed E-state index contributed by atoms with van der Waals surface area (Å²) in [6.45, 7) is 0.560. The van der Waals surface area contributed by atoms with Crippen LogP contribution in [-0.2, 0) is 6.42 Å². The first kappa shape index (κ1) is 15.2. The highest BCUT2D eigenvalue weighted by Crippen LogP contribution is 2.26. The molecule has 0 unspecified atom stereocenters. The Morgan fingerprint density at radius 2 is 1.63 bits per heavy atom. The van der Waals surface area contributed by atoms with Crippen LogP contribution in [0.2, 0.25) is 10.0 Å². The van der Waals surface area contributed by atoms with Crippen molar-refractivity contribution in [1.29, 1.82) is 0 Å². The lowest BCUT2D eigenvalue weighted by molar-refractivity contribution is 0.321. The lowest BCUT2D eigenvalue weighted by Gasteiger charge is -2.08. The Bertz CT molecular complexity index is 567. The molecule has 0 bridgehead atoms. The van der Waals surface area contributed by atoms with Crippen LogP contribution in [0.3, 0.4) is 0 Å². The summed E-state index contributed by atoms with van der Waals surface area (Å²) in [7, 11) is 0. The van der Waals surface area contributed by atoms with Gasteiger partial charge in [0.1, 0.15) is 5.75 Å². The third-order valence-electron chi connectivity index (χ3n) is 2.49. The van der Waals surface area contributed by atoms with Gasteiger partial charge in [-0.3, -0.25) is 0 Å². The summed E-state index contributed by atoms with van der Waals surface area (Å²) < 4.78 is 7.65. The Balaban J connectivity index is 1.96. The van der Waals surface area contributed by atoms with Crippen LogP contribution in [0, 0.1) is 0 Å². The molecule has 0 aromatic heterocycles. The van der Waals surface area contributed by atoms with Gasteiger partial charge in [-0.2, -0.15) is 0 Å². The predicted molar refractivity (Wildman–Crippen MR) is 87.5 cm³/mol. The molecule has 0 amide bonds. The Kier molecular flexibility index (Phi) is 5.58. The van der Waals surface area contributed by atoms with E-state index in [1.54, 1.807) is 6.07 Å². The van der Waals surface area contributed by atoms with Crippen LogP contribution in [0.15, 0.2) is 45.3 Å². The Morgan fingerprint density at radius 1 is 0.947 bits per heavy atom. The lowest BCUT2D eigenvalue weighted by Crippen LogP contribution is -2.01. The minimum absolute atomic E-state index is 0.560. The minimum atomic E-state index is 0.560. The number of benzene rings is 2. The van der Waals surface area contributed by atoms with Gasteiger partial charge < -0.3 is 4.74 Å². The topological polar surface area (TPSA) is 9.23 Å². The fraction of sp³-hybridized carbons (Fsp3) is 0.143. The maximum Gasteiger partial charge on any atom is 0.121 e. The SMILES string of the molecule is Clc1ccc(CCOc2cc(Br)cc(Br)c2)c(Cl)c1. The fourth-order valence-corrected chi connectivity index (χ4v) is 3.37. The summed E-state index contributed by atoms with van der Waals surface area (Å²) in [5.74, 6) is 0.811. The van der Waals surface area contributed by atoms with Gasteiger partial charge in [0.2, 0.25) is 0 Å². The highest BCUT2D eigenvalue weighted by Gasteiger charge is 2.03. The first-order chi connectivity index (χ1) is 9.04. The normalized spacial score (nSPS) is 10.5. The third kappa shape index (κ3) is 4.67. The zero-order valence-electron chi connectivity index (χ0n) is 9.80. The molecule has 5 heteroatoms. The standard InChI is InChI=1S/C14H10Br2Cl2O/c15-10-5-11(16)7-13(6-10)19-4-3-9-1-2-12(17)8-14(9)18/h1-2,5-8H,3-4H2. The molecule has 0 N–H and O–H groups in total. The molecular formula is C14H10Br2Cl2O. The van der Waals surface area contributed by atoms with E-state index in [1.165, 1.54) is 0 Å². The molecule has 0 atom stereocenters. The highest BCUT2D eigenvalue weighted by atomic mass is 79.9. The number of rotatable bonds is 4. The van der Waals surface area contributed by atoms with Crippen LogP contribution in [-0.4, -0.2) is 6.61 Å². The van der Waals surface area contributed by atoms with Gasteiger partial charge in [0, 0.05) is 25.4 Å². The van der Waals surface area contributed by atoms with Gasteiger partial charge in [-0.25, -0.2) is 0 Å². The van der Waals surface area contributed by atoms with Crippen LogP contribution in [0.25, 0.3) is 0 Å². The van der Waals surface area contributed by atoms with Crippen molar-refractivity contribution in [1.82, 2.24) is 0 Å². The van der Waals surface area contributed by atoms with Gasteiger partial charge >= 0.3 is 0 Å². The maximum absolute atomic E-state index is 6.11. The maximum atomic E-state index is 6.11. The van der Waals surface area contributed by atoms with Crippen LogP contribution < -0.4 is 4.74 Å². The van der Waals surface area contributed by atoms with Crippen molar-refractivity contribution in [3.63, 3.8) is 0 Å². The molecule has 0 saturated heterocycles. The fourth-order valence-electron chi connectivity index (χ4n) is 1.62. The molecule has 2 aromatic rings. The number of hydrogen-bond donors (Lipinski definition) is 0. The number of hydrogen-bond acceptors (Lipinski definition) is 1. The molecule has 0 fully saturated rings. The minimum Gasteiger partial charge on any atom is -0.493 e. The van der Waals surface area contributed by atoms with E-state index in [2.05, 4.69) is 31.9 Å². The van der Waals surface area contributed by atoms with E-state index in [9.17, 15) is 0 Å². The first-order valence-corrected chi connectivity index (χ1v) is 7.91. The summed E-state index contributed by atoms with van der Waals surface area (Å²) in [4.78, 5) is 0. The monoisotopic (exact) mass is 422 g/mol. The molecular weight excluding hydrogens is 415 g/mol. The molecule has 19 heavy (non-hydrogen) atoms. The average Bonchev–Trinajstić information content (AvgIpc) is 2.30. The van der Waals surface area contributed by atoms with Crippen molar-refractivity contribution in [3.05, 3.63) is 61.0 Å². The van der Waals surface area contributed by atoms with Crippen molar-refractivity contribution < 1.29 is 4.74 Å². The second-order valence-corrected chi connectivity index (χ2v) is 6.61. The van der Waals surface area contributed by atoms with Crippen LogP contribution in [0.1, 0.15) is 5.56 Å². The summed E-state index contributed by atoms with van der Waals surface area (Å²) in [6, 6.07) is 11.3. The summed E-state index contributed by atoms with van der Waals surface area (Å²) in [6.07, 6.45) is 0.736. The molecule has 0 aliphatic carbocycles. The highest BCUT2D eigenvalue weighted by molar-refractivity contribution is 9.11. The zero-order valence-corrected chi connectivity index (χ0v) is 14.5. The molecule has 1 nitrogen and oxygen atoms in total. The largest absolute Gasteiger partial charge is 0.493 e. The summed E-state index contributed by atoms with van der Waals surface area (Å²) in [5, 5.41) is 1.32. The van der Waals surface area contributed by atoms with Crippen molar-refractivity contribution >= 4 is 55.1 Å². The zero-order chi connectivity index (χ0) is 13.8.